The van der Waals surface area contributed by atoms with E-state index in [0.717, 1.165) is 176 Å². The highest BCUT2D eigenvalue weighted by Gasteiger charge is 2.27. The van der Waals surface area contributed by atoms with Crippen LogP contribution in [0.2, 0.25) is 0 Å². The van der Waals surface area contributed by atoms with Crippen LogP contribution >= 0.6 is 0 Å². The molecule has 0 spiro atoms. The summed E-state index contributed by atoms with van der Waals surface area (Å²) in [5.41, 5.74) is 18.9. The quantitative estimate of drug-likeness (QED) is 0.122. The fourth-order valence-corrected chi connectivity index (χ4v) is 20.7. The molecule has 6 heterocycles. The highest BCUT2D eigenvalue weighted by molar-refractivity contribution is 6.33. The smallest absolute Gasteiger partial charge is 0.164 e. The molecule has 620 valence electrons. The minimum atomic E-state index is 0.595. The average molecular weight is 1710 g/mol. The number of nitrogens with zero attached hydrogens (tertiary/aromatic N) is 8. The maximum atomic E-state index is 6.81. The van der Waals surface area contributed by atoms with Gasteiger partial charge in [-0.05, 0) is 158 Å². The molecule has 0 bridgehead atoms. The van der Waals surface area contributed by atoms with Crippen molar-refractivity contribution in [2.75, 3.05) is 0 Å². The molecule has 6 aromatic heterocycles. The molecule has 22 aromatic carbocycles. The second kappa shape index (κ2) is 30.8. The van der Waals surface area contributed by atoms with Gasteiger partial charge in [0.1, 0.15) is 22.3 Å². The molecule has 0 saturated carbocycles. The van der Waals surface area contributed by atoms with Crippen LogP contribution < -0.4 is 0 Å². The van der Waals surface area contributed by atoms with E-state index in [2.05, 4.69) is 364 Å². The third kappa shape index (κ3) is 12.6. The van der Waals surface area contributed by atoms with Crippen LogP contribution in [0.4, 0.5) is 0 Å². The van der Waals surface area contributed by atoms with Gasteiger partial charge in [-0.25, -0.2) is 39.9 Å². The molecule has 0 aliphatic heterocycles. The Kier molecular flexibility index (Phi) is 17.5. The Hall–Kier alpha value is -18.1. The van der Waals surface area contributed by atoms with Crippen molar-refractivity contribution in [1.82, 2.24) is 39.9 Å². The number of pyridine rings is 2. The van der Waals surface area contributed by atoms with Crippen LogP contribution in [0.1, 0.15) is 0 Å². The van der Waals surface area contributed by atoms with E-state index in [0.29, 0.717) is 34.9 Å². The first-order chi connectivity index (χ1) is 66.4. The van der Waals surface area contributed by atoms with Crippen LogP contribution in [0.5, 0.6) is 0 Å². The molecule has 10 nitrogen and oxygen atoms in total. The molecule has 0 fully saturated rings. The first-order valence-corrected chi connectivity index (χ1v) is 45.2. The molecule has 0 amide bonds. The monoisotopic (exact) mass is 1700 g/mol. The van der Waals surface area contributed by atoms with E-state index in [1.165, 1.54) is 75.4 Å². The zero-order valence-electron chi connectivity index (χ0n) is 72.0. The number of fused-ring (bicyclic) bond motifs is 26. The third-order valence-corrected chi connectivity index (χ3v) is 26.9. The molecular weight excluding hydrogens is 1630 g/mol. The standard InChI is InChI=1S/C66H38N4O.C58H34N4O/c1-3-15-43-35-46(31-25-39(43)13-1)65-68-64(69-66(70-65)47-32-26-40-14-2-4-16-44(40)36-47)42-29-27-41(28-30-42)63-56-38-59-62(54-22-10-12-24-58(54)71-59)60(61(56)53-21-9-11-23-57(53)67-63)45-33-34-52-50-19-6-5-17-48(50)49-18-7-8-20-51(49)55(52)37-45;1-3-15-36(16-4-1)56-60-57(37-17-5-2-6-18-37)62-58(61-56)38-29-27-35(28-30-38)55-48-34-51-54(46-24-12-14-26-50(46)63-51)52(53(48)45-23-11-13-25-49(45)59-55)39-31-32-44-42-21-8-7-19-40(42)41-20-9-10-22-43(41)47(44)33-39/h1-38H;1-34H. The molecular formula is C124H72N8O2. The van der Waals surface area contributed by atoms with E-state index < -0.39 is 0 Å². The van der Waals surface area contributed by atoms with Gasteiger partial charge >= 0.3 is 0 Å². The summed E-state index contributed by atoms with van der Waals surface area (Å²) in [6.07, 6.45) is 0. The van der Waals surface area contributed by atoms with E-state index >= 15 is 0 Å². The summed E-state index contributed by atoms with van der Waals surface area (Å²) in [4.78, 5) is 41.3. The van der Waals surface area contributed by atoms with Crippen molar-refractivity contribution in [1.29, 1.82) is 0 Å². The molecule has 0 saturated heterocycles. The van der Waals surface area contributed by atoms with Crippen LogP contribution in [0, 0.1) is 0 Å². The lowest BCUT2D eigenvalue weighted by Crippen LogP contribution is -2.00. The molecule has 0 atom stereocenters. The number of benzene rings is 22. The van der Waals surface area contributed by atoms with Gasteiger partial charge in [-0.15, -0.1) is 0 Å². The van der Waals surface area contributed by atoms with E-state index in [4.69, 9.17) is 48.7 Å². The minimum absolute atomic E-state index is 0.595. The second-order valence-electron chi connectivity index (χ2n) is 34.6. The Bertz CT molecular complexity index is 9550. The van der Waals surface area contributed by atoms with Crippen molar-refractivity contribution in [3.63, 3.8) is 0 Å². The molecule has 10 heteroatoms. The molecule has 134 heavy (non-hydrogen) atoms. The lowest BCUT2D eigenvalue weighted by molar-refractivity contribution is 0.669. The lowest BCUT2D eigenvalue weighted by atomic mass is 9.87. The second-order valence-corrected chi connectivity index (χ2v) is 34.6. The van der Waals surface area contributed by atoms with E-state index in [1.807, 2.05) is 72.8 Å². The van der Waals surface area contributed by atoms with Crippen LogP contribution in [-0.2, 0) is 0 Å². The maximum absolute atomic E-state index is 6.81. The number of hydrogen-bond acceptors (Lipinski definition) is 10. The zero-order chi connectivity index (χ0) is 88.0. The summed E-state index contributed by atoms with van der Waals surface area (Å²) in [5, 5.41) is 30.3. The van der Waals surface area contributed by atoms with Crippen molar-refractivity contribution in [3.8, 4) is 113 Å². The normalized spacial score (nSPS) is 11.9. The largest absolute Gasteiger partial charge is 0.456 e. The summed E-state index contributed by atoms with van der Waals surface area (Å²) in [6.45, 7) is 0. The summed E-state index contributed by atoms with van der Waals surface area (Å²) in [5.74, 6) is 3.69. The van der Waals surface area contributed by atoms with Crippen LogP contribution in [0.25, 0.3) is 287 Å². The van der Waals surface area contributed by atoms with Crippen molar-refractivity contribution in [3.05, 3.63) is 437 Å². The third-order valence-electron chi connectivity index (χ3n) is 26.9. The number of aromatic nitrogens is 8. The van der Waals surface area contributed by atoms with Crippen LogP contribution in [0.15, 0.2) is 446 Å². The molecule has 0 unspecified atom stereocenters. The van der Waals surface area contributed by atoms with Crippen LogP contribution in [0.3, 0.4) is 0 Å². The van der Waals surface area contributed by atoms with Gasteiger partial charge in [-0.3, -0.25) is 0 Å². The average Bonchev–Trinajstić information content (AvgIpc) is 1.51. The van der Waals surface area contributed by atoms with Gasteiger partial charge in [-0.2, -0.15) is 0 Å². The predicted octanol–water partition coefficient (Wildman–Crippen LogP) is 32.8. The van der Waals surface area contributed by atoms with E-state index in [9.17, 15) is 0 Å². The van der Waals surface area contributed by atoms with Gasteiger partial charge in [0.2, 0.25) is 0 Å². The molecule has 0 aliphatic carbocycles. The number of furan rings is 2. The molecule has 0 radical (unpaired) electrons. The van der Waals surface area contributed by atoms with Gasteiger partial charge < -0.3 is 8.83 Å². The van der Waals surface area contributed by atoms with Crippen molar-refractivity contribution < 1.29 is 8.83 Å². The Morgan fingerprint density at radius 3 is 0.761 bits per heavy atom. The first-order valence-electron chi connectivity index (χ1n) is 45.2. The van der Waals surface area contributed by atoms with Crippen molar-refractivity contribution >= 4 is 173 Å². The predicted molar refractivity (Wildman–Crippen MR) is 554 cm³/mol. The van der Waals surface area contributed by atoms with E-state index in [-0.39, 0.29) is 0 Å². The molecule has 0 N–H and O–H groups in total. The summed E-state index contributed by atoms with van der Waals surface area (Å²) in [7, 11) is 0. The summed E-state index contributed by atoms with van der Waals surface area (Å²) >= 11 is 0. The number of rotatable bonds is 10. The topological polar surface area (TPSA) is 129 Å². The number of para-hydroxylation sites is 4. The SMILES string of the molecule is c1ccc(-c2nc(-c3ccccc3)nc(-c3ccc(-c4nc5ccccc5c5c(-c6ccc7c8ccccc8c8ccccc8c7c6)c6c(cc45)oc4ccccc46)cc3)n2)cc1.c1ccc2cc(-c3nc(-c4ccc(-c5nc6ccccc6c6c(-c7ccc8c9ccccc9c9ccccc9c8c7)c7c(cc56)oc5ccccc57)cc4)nc(-c4ccc5ccccc5c4)n3)ccc2c1. The Morgan fingerprint density at radius 1 is 0.134 bits per heavy atom. The van der Waals surface area contributed by atoms with Gasteiger partial charge in [0.05, 0.1) is 22.4 Å². The minimum Gasteiger partial charge on any atom is -0.456 e. The van der Waals surface area contributed by atoms with Gasteiger partial charge in [0, 0.05) is 109 Å². The number of hydrogen-bond donors (Lipinski definition) is 0. The molecule has 0 aliphatic rings. The summed E-state index contributed by atoms with van der Waals surface area (Å²) < 4.78 is 13.6. The molecule has 28 rings (SSSR count). The lowest BCUT2D eigenvalue weighted by Gasteiger charge is -2.17. The Balaban J connectivity index is 0.000000137. The Morgan fingerprint density at radius 2 is 0.396 bits per heavy atom. The van der Waals surface area contributed by atoms with E-state index in [1.54, 1.807) is 0 Å². The zero-order valence-corrected chi connectivity index (χ0v) is 72.0. The van der Waals surface area contributed by atoms with Gasteiger partial charge in [0.15, 0.2) is 34.9 Å². The van der Waals surface area contributed by atoms with Crippen LogP contribution in [-0.4, -0.2) is 39.9 Å². The maximum Gasteiger partial charge on any atom is 0.164 e. The summed E-state index contributed by atoms with van der Waals surface area (Å²) in [6, 6.07) is 154. The highest BCUT2D eigenvalue weighted by Crippen LogP contribution is 2.52. The Labute approximate surface area is 766 Å². The fraction of sp³-hybridized carbons (Fsp3) is 0. The highest BCUT2D eigenvalue weighted by atomic mass is 16.3. The van der Waals surface area contributed by atoms with Crippen molar-refractivity contribution in [2.24, 2.45) is 0 Å². The van der Waals surface area contributed by atoms with Gasteiger partial charge in [-0.1, -0.05) is 376 Å². The van der Waals surface area contributed by atoms with Gasteiger partial charge in [0.25, 0.3) is 0 Å². The first kappa shape index (κ1) is 76.0. The van der Waals surface area contributed by atoms with Crippen molar-refractivity contribution in [2.45, 2.75) is 0 Å². The molecule has 28 aromatic rings. The fourth-order valence-electron chi connectivity index (χ4n) is 20.7.